The molecule has 1 fully saturated rings. The highest BCUT2D eigenvalue weighted by Gasteiger charge is 2.49. The van der Waals surface area contributed by atoms with Crippen LogP contribution in [0.4, 0.5) is 4.79 Å². The summed E-state index contributed by atoms with van der Waals surface area (Å²) in [4.78, 5) is 43.3. The van der Waals surface area contributed by atoms with E-state index in [0.717, 1.165) is 32.3 Å². The summed E-state index contributed by atoms with van der Waals surface area (Å²) < 4.78 is 0. The number of benzene rings is 2. The van der Waals surface area contributed by atoms with Gasteiger partial charge in [0.15, 0.2) is 0 Å². The first kappa shape index (κ1) is 22.7. The van der Waals surface area contributed by atoms with Crippen molar-refractivity contribution in [3.05, 3.63) is 75.6 Å². The molecular weight excluding hydrogens is 436 g/mol. The first-order valence-electron chi connectivity index (χ1n) is 10.8. The Balaban J connectivity index is 1.30. The maximum absolute atomic E-state index is 13.0. The number of aryl methyl sites for hydroxylation is 2. The van der Waals surface area contributed by atoms with Gasteiger partial charge >= 0.3 is 6.03 Å². The highest BCUT2D eigenvalue weighted by molar-refractivity contribution is 7.09. The molecule has 2 aromatic carbocycles. The topological polar surface area (TPSA) is 91.4 Å². The summed E-state index contributed by atoms with van der Waals surface area (Å²) in [6.07, 6.45) is 0.642. The van der Waals surface area contributed by atoms with Crippen molar-refractivity contribution in [1.29, 1.82) is 0 Å². The summed E-state index contributed by atoms with van der Waals surface area (Å²) in [7, 11) is 0. The molecule has 2 N–H and O–H groups in total. The van der Waals surface area contributed by atoms with Gasteiger partial charge in [-0.25, -0.2) is 9.78 Å². The molecule has 1 aromatic heterocycles. The van der Waals surface area contributed by atoms with Gasteiger partial charge in [0.2, 0.25) is 5.91 Å². The number of amides is 4. The minimum absolute atomic E-state index is 0.311. The van der Waals surface area contributed by atoms with E-state index in [4.69, 9.17) is 0 Å². The highest BCUT2D eigenvalue weighted by atomic mass is 32.1. The lowest BCUT2D eigenvalue weighted by Gasteiger charge is -2.22. The molecule has 170 valence electrons. The molecule has 0 saturated carbocycles. The molecule has 4 amide bonds. The van der Waals surface area contributed by atoms with Crippen molar-refractivity contribution in [3.8, 4) is 11.3 Å². The van der Waals surface area contributed by atoms with Crippen LogP contribution in [0.2, 0.25) is 0 Å². The summed E-state index contributed by atoms with van der Waals surface area (Å²) in [6, 6.07) is 14.9. The van der Waals surface area contributed by atoms with Crippen LogP contribution in [0.15, 0.2) is 53.9 Å². The van der Waals surface area contributed by atoms with Gasteiger partial charge in [-0.3, -0.25) is 14.5 Å². The molecule has 8 heteroatoms. The summed E-state index contributed by atoms with van der Waals surface area (Å²) in [6.45, 7) is 5.69. The lowest BCUT2D eigenvalue weighted by Crippen LogP contribution is -2.43. The Bertz CT molecular complexity index is 1190. The smallest absolute Gasteiger partial charge is 0.325 e. The van der Waals surface area contributed by atoms with Gasteiger partial charge in [-0.15, -0.1) is 11.3 Å². The van der Waals surface area contributed by atoms with Crippen LogP contribution in [0.25, 0.3) is 11.3 Å². The normalized spacial score (nSPS) is 17.8. The zero-order valence-electron chi connectivity index (χ0n) is 18.8. The standard InChI is InChI=1S/C25H26N4O3S/c1-16-4-10-20(11-5-16)25(3)23(31)29(24(32)28-25)14-22(30)26-13-12-18-6-8-19(9-7-18)21-15-33-17(2)27-21/h4-11,15H,12-14H2,1-3H3,(H,26,30)(H,28,32)/t25-/m0/s1. The van der Waals surface area contributed by atoms with E-state index < -0.39 is 17.5 Å². The monoisotopic (exact) mass is 462 g/mol. The van der Waals surface area contributed by atoms with Crippen LogP contribution >= 0.6 is 11.3 Å². The van der Waals surface area contributed by atoms with Crippen LogP contribution in [0.1, 0.15) is 28.6 Å². The summed E-state index contributed by atoms with van der Waals surface area (Å²) >= 11 is 1.62. The van der Waals surface area contributed by atoms with Crippen LogP contribution in [-0.2, 0) is 21.5 Å². The fourth-order valence-corrected chi connectivity index (χ4v) is 4.43. The predicted molar refractivity (Wildman–Crippen MR) is 128 cm³/mol. The molecule has 0 bridgehead atoms. The maximum atomic E-state index is 13.0. The Morgan fingerprint density at radius 2 is 1.79 bits per heavy atom. The quantitative estimate of drug-likeness (QED) is 0.526. The molecule has 3 aromatic rings. The molecule has 7 nitrogen and oxygen atoms in total. The summed E-state index contributed by atoms with van der Waals surface area (Å²) in [5.41, 5.74) is 3.66. The van der Waals surface area contributed by atoms with Crippen molar-refractivity contribution in [2.24, 2.45) is 0 Å². The molecule has 0 radical (unpaired) electrons. The van der Waals surface area contributed by atoms with E-state index in [2.05, 4.69) is 15.6 Å². The largest absolute Gasteiger partial charge is 0.354 e. The second-order valence-electron chi connectivity index (χ2n) is 8.36. The van der Waals surface area contributed by atoms with Gasteiger partial charge in [0.25, 0.3) is 5.91 Å². The van der Waals surface area contributed by atoms with Gasteiger partial charge in [-0.05, 0) is 38.3 Å². The molecule has 33 heavy (non-hydrogen) atoms. The SMILES string of the molecule is Cc1ccc([C@]2(C)NC(=O)N(CC(=O)NCCc3ccc(-c4csc(C)n4)cc3)C2=O)cc1. The predicted octanol–water partition coefficient (Wildman–Crippen LogP) is 3.55. The second-order valence-corrected chi connectivity index (χ2v) is 9.42. The van der Waals surface area contributed by atoms with Crippen LogP contribution < -0.4 is 10.6 Å². The number of hydrogen-bond acceptors (Lipinski definition) is 5. The van der Waals surface area contributed by atoms with Crippen molar-refractivity contribution in [3.63, 3.8) is 0 Å². The average Bonchev–Trinajstić information content (AvgIpc) is 3.32. The third-order valence-corrected chi connectivity index (χ3v) is 6.58. The molecule has 1 aliphatic heterocycles. The lowest BCUT2D eigenvalue weighted by molar-refractivity contribution is -0.134. The van der Waals surface area contributed by atoms with Gasteiger partial charge in [0, 0.05) is 17.5 Å². The maximum Gasteiger partial charge on any atom is 0.325 e. The van der Waals surface area contributed by atoms with Gasteiger partial charge in [0.1, 0.15) is 12.1 Å². The number of imide groups is 1. The van der Waals surface area contributed by atoms with Crippen LogP contribution in [-0.4, -0.2) is 40.8 Å². The minimum Gasteiger partial charge on any atom is -0.354 e. The summed E-state index contributed by atoms with van der Waals surface area (Å²) in [5.74, 6) is -0.805. The number of thiazole rings is 1. The molecule has 1 saturated heterocycles. The number of urea groups is 1. The third-order valence-electron chi connectivity index (χ3n) is 5.81. The second kappa shape index (κ2) is 9.15. The van der Waals surface area contributed by atoms with Crippen molar-refractivity contribution in [1.82, 2.24) is 20.5 Å². The Labute approximate surface area is 196 Å². The first-order valence-corrected chi connectivity index (χ1v) is 11.6. The molecule has 2 heterocycles. The Kier molecular flexibility index (Phi) is 6.29. The number of aromatic nitrogens is 1. The zero-order valence-corrected chi connectivity index (χ0v) is 19.7. The van der Waals surface area contributed by atoms with Gasteiger partial charge < -0.3 is 10.6 Å². The molecule has 0 aliphatic carbocycles. The average molecular weight is 463 g/mol. The number of carbonyl (C=O) groups excluding carboxylic acids is 3. The van der Waals surface area contributed by atoms with Crippen molar-refractivity contribution < 1.29 is 14.4 Å². The van der Waals surface area contributed by atoms with Crippen molar-refractivity contribution in [2.75, 3.05) is 13.1 Å². The molecular formula is C25H26N4O3S. The highest BCUT2D eigenvalue weighted by Crippen LogP contribution is 2.29. The number of hydrogen-bond donors (Lipinski definition) is 2. The van der Waals surface area contributed by atoms with E-state index in [1.807, 2.05) is 67.8 Å². The molecule has 1 atom stereocenters. The van der Waals surface area contributed by atoms with Crippen molar-refractivity contribution >= 4 is 29.2 Å². The fraction of sp³-hybridized carbons (Fsp3) is 0.280. The van der Waals surface area contributed by atoms with Crippen LogP contribution in [0, 0.1) is 13.8 Å². The number of nitrogens with zero attached hydrogens (tertiary/aromatic N) is 2. The van der Waals surface area contributed by atoms with E-state index in [9.17, 15) is 14.4 Å². The third kappa shape index (κ3) is 4.80. The molecule has 0 unspecified atom stereocenters. The Hall–Kier alpha value is -3.52. The van der Waals surface area contributed by atoms with E-state index in [1.165, 1.54) is 0 Å². The van der Waals surface area contributed by atoms with E-state index in [1.54, 1.807) is 18.3 Å². The minimum atomic E-state index is -1.18. The Morgan fingerprint density at radius 3 is 2.42 bits per heavy atom. The first-order chi connectivity index (χ1) is 15.8. The van der Waals surface area contributed by atoms with Crippen molar-refractivity contribution in [2.45, 2.75) is 32.7 Å². The fourth-order valence-electron chi connectivity index (χ4n) is 3.81. The Morgan fingerprint density at radius 1 is 1.09 bits per heavy atom. The van der Waals surface area contributed by atoms with Gasteiger partial charge in [-0.2, -0.15) is 0 Å². The molecule has 4 rings (SSSR count). The lowest BCUT2D eigenvalue weighted by atomic mass is 9.91. The van der Waals surface area contributed by atoms with E-state index >= 15 is 0 Å². The molecule has 1 aliphatic rings. The number of rotatable bonds is 7. The zero-order chi connectivity index (χ0) is 23.6. The van der Waals surface area contributed by atoms with E-state index in [-0.39, 0.29) is 12.5 Å². The van der Waals surface area contributed by atoms with Crippen LogP contribution in [0.5, 0.6) is 0 Å². The number of carbonyl (C=O) groups is 3. The van der Waals surface area contributed by atoms with E-state index in [0.29, 0.717) is 18.5 Å². The van der Waals surface area contributed by atoms with Gasteiger partial charge in [0.05, 0.1) is 10.7 Å². The number of nitrogens with one attached hydrogen (secondary N) is 2. The van der Waals surface area contributed by atoms with Gasteiger partial charge in [-0.1, -0.05) is 54.1 Å². The van der Waals surface area contributed by atoms with Crippen LogP contribution in [0.3, 0.4) is 0 Å². The molecule has 0 spiro atoms. The summed E-state index contributed by atoms with van der Waals surface area (Å²) in [5, 5.41) is 8.59.